The summed E-state index contributed by atoms with van der Waals surface area (Å²) in [6.07, 6.45) is 0. The number of aromatic nitrogens is 1. The summed E-state index contributed by atoms with van der Waals surface area (Å²) in [5.74, 6) is -1.08. The molecule has 0 aliphatic rings. The van der Waals surface area contributed by atoms with Gasteiger partial charge in [-0.2, -0.15) is 0 Å². The highest BCUT2D eigenvalue weighted by Gasteiger charge is 2.18. The van der Waals surface area contributed by atoms with E-state index in [4.69, 9.17) is 14.4 Å². The van der Waals surface area contributed by atoms with Crippen molar-refractivity contribution >= 4 is 23.3 Å². The van der Waals surface area contributed by atoms with E-state index >= 15 is 0 Å². The molecule has 2 N–H and O–H groups in total. The Bertz CT molecular complexity index is 1090. The number of benzene rings is 2. The number of aromatic carboxylic acids is 1. The summed E-state index contributed by atoms with van der Waals surface area (Å²) >= 11 is 0. The number of anilines is 1. The number of nitro benzene ring substituents is 1. The lowest BCUT2D eigenvalue weighted by Gasteiger charge is -2.12. The predicted molar refractivity (Wildman–Crippen MR) is 105 cm³/mol. The zero-order valence-corrected chi connectivity index (χ0v) is 16.0. The van der Waals surface area contributed by atoms with E-state index in [-0.39, 0.29) is 29.2 Å². The second-order valence-electron chi connectivity index (χ2n) is 6.37. The number of carbonyl (C=O) groups is 2. The third-order valence-corrected chi connectivity index (χ3v) is 4.32. The van der Waals surface area contributed by atoms with E-state index in [9.17, 15) is 19.7 Å². The normalized spacial score (nSPS) is 10.5. The molecule has 10 heteroatoms. The first-order chi connectivity index (χ1) is 14.3. The molecule has 0 saturated carbocycles. The van der Waals surface area contributed by atoms with Crippen molar-refractivity contribution in [1.82, 2.24) is 5.16 Å². The van der Waals surface area contributed by atoms with E-state index in [1.54, 1.807) is 32.0 Å². The number of rotatable bonds is 7. The maximum atomic E-state index is 12.8. The minimum absolute atomic E-state index is 0.0212. The van der Waals surface area contributed by atoms with Crippen molar-refractivity contribution in [1.29, 1.82) is 0 Å². The zero-order chi connectivity index (χ0) is 21.8. The maximum Gasteiger partial charge on any atom is 0.336 e. The van der Waals surface area contributed by atoms with Gasteiger partial charge in [0, 0.05) is 17.8 Å². The lowest BCUT2D eigenvalue weighted by atomic mass is 10.1. The number of aryl methyl sites for hydroxylation is 2. The highest BCUT2D eigenvalue weighted by Crippen LogP contribution is 2.25. The number of carbonyl (C=O) groups excluding carboxylic acids is 1. The first-order valence-electron chi connectivity index (χ1n) is 8.74. The van der Waals surface area contributed by atoms with E-state index < -0.39 is 22.5 Å². The largest absolute Gasteiger partial charge is 0.488 e. The molecule has 1 amide bonds. The SMILES string of the molecule is Cc1noc(C)c1COc1ccccc1C(=O)Nc1cc(C(=O)O)cc([N+](=O)[O-])c1. The number of amides is 1. The molecule has 1 heterocycles. The van der Waals surface area contributed by atoms with E-state index in [1.165, 1.54) is 6.07 Å². The third kappa shape index (κ3) is 4.43. The van der Waals surface area contributed by atoms with Gasteiger partial charge in [0.15, 0.2) is 0 Å². The highest BCUT2D eigenvalue weighted by atomic mass is 16.6. The summed E-state index contributed by atoms with van der Waals surface area (Å²) in [6.45, 7) is 3.65. The van der Waals surface area contributed by atoms with Crippen molar-refractivity contribution in [2.75, 3.05) is 5.32 Å². The lowest BCUT2D eigenvalue weighted by Crippen LogP contribution is -2.14. The van der Waals surface area contributed by atoms with Crippen LogP contribution in [0.4, 0.5) is 11.4 Å². The molecular weight excluding hydrogens is 394 g/mol. The summed E-state index contributed by atoms with van der Waals surface area (Å²) in [5.41, 5.74) is 0.817. The average molecular weight is 411 g/mol. The minimum Gasteiger partial charge on any atom is -0.488 e. The Hall–Kier alpha value is -4.21. The van der Waals surface area contributed by atoms with E-state index in [2.05, 4.69) is 10.5 Å². The van der Waals surface area contributed by atoms with Crippen LogP contribution in [0.3, 0.4) is 0 Å². The molecule has 0 bridgehead atoms. The standard InChI is InChI=1S/C20H17N3O7/c1-11-17(12(2)30-22-11)10-29-18-6-4-3-5-16(18)19(24)21-14-7-13(20(25)26)8-15(9-14)23(27)28/h3-9H,10H2,1-2H3,(H,21,24)(H,25,26). The van der Waals surface area contributed by atoms with Crippen molar-refractivity contribution in [3.63, 3.8) is 0 Å². The topological polar surface area (TPSA) is 145 Å². The number of para-hydroxylation sites is 1. The number of carboxylic acids is 1. The zero-order valence-electron chi connectivity index (χ0n) is 16.0. The second-order valence-corrected chi connectivity index (χ2v) is 6.37. The van der Waals surface area contributed by atoms with Crippen LogP contribution in [-0.2, 0) is 6.61 Å². The molecule has 3 aromatic rings. The van der Waals surface area contributed by atoms with Gasteiger partial charge in [-0.25, -0.2) is 4.79 Å². The Morgan fingerprint density at radius 3 is 2.60 bits per heavy atom. The smallest absolute Gasteiger partial charge is 0.336 e. The molecule has 0 fully saturated rings. The van der Waals surface area contributed by atoms with Crippen LogP contribution >= 0.6 is 0 Å². The molecule has 0 aliphatic carbocycles. The molecule has 0 spiro atoms. The lowest BCUT2D eigenvalue weighted by molar-refractivity contribution is -0.384. The van der Waals surface area contributed by atoms with E-state index in [1.807, 2.05) is 0 Å². The van der Waals surface area contributed by atoms with Crippen LogP contribution < -0.4 is 10.1 Å². The van der Waals surface area contributed by atoms with Crippen LogP contribution in [0, 0.1) is 24.0 Å². The number of nitro groups is 1. The van der Waals surface area contributed by atoms with Crippen molar-refractivity contribution < 1.29 is 28.9 Å². The van der Waals surface area contributed by atoms with Crippen molar-refractivity contribution in [2.45, 2.75) is 20.5 Å². The monoisotopic (exact) mass is 411 g/mol. The summed E-state index contributed by atoms with van der Waals surface area (Å²) < 4.78 is 10.9. The summed E-state index contributed by atoms with van der Waals surface area (Å²) in [7, 11) is 0. The molecule has 2 aromatic carbocycles. The fourth-order valence-corrected chi connectivity index (χ4v) is 2.75. The van der Waals surface area contributed by atoms with Gasteiger partial charge in [0.1, 0.15) is 18.1 Å². The van der Waals surface area contributed by atoms with Gasteiger partial charge in [-0.3, -0.25) is 14.9 Å². The van der Waals surface area contributed by atoms with Gasteiger partial charge >= 0.3 is 5.97 Å². The summed E-state index contributed by atoms with van der Waals surface area (Å²) in [4.78, 5) is 34.3. The fraction of sp³-hybridized carbons (Fsp3) is 0.150. The van der Waals surface area contributed by atoms with Crippen LogP contribution in [0.1, 0.15) is 37.7 Å². The van der Waals surface area contributed by atoms with Crippen molar-refractivity contribution in [2.24, 2.45) is 0 Å². The Balaban J connectivity index is 1.84. The molecule has 0 aliphatic heterocycles. The second kappa shape index (κ2) is 8.43. The van der Waals surface area contributed by atoms with Gasteiger partial charge in [0.2, 0.25) is 0 Å². The Morgan fingerprint density at radius 2 is 1.97 bits per heavy atom. The van der Waals surface area contributed by atoms with Crippen LogP contribution in [0.2, 0.25) is 0 Å². The average Bonchev–Trinajstić information content (AvgIpc) is 3.03. The van der Waals surface area contributed by atoms with Crippen LogP contribution in [0.25, 0.3) is 0 Å². The number of carboxylic acid groups (broad SMARTS) is 1. The molecule has 0 saturated heterocycles. The number of hydrogen-bond donors (Lipinski definition) is 2. The number of non-ortho nitro benzene ring substituents is 1. The van der Waals surface area contributed by atoms with Gasteiger partial charge in [0.05, 0.1) is 27.3 Å². The molecule has 1 aromatic heterocycles. The molecule has 10 nitrogen and oxygen atoms in total. The van der Waals surface area contributed by atoms with Gasteiger partial charge < -0.3 is 19.7 Å². The minimum atomic E-state index is -1.35. The molecule has 3 rings (SSSR count). The van der Waals surface area contributed by atoms with Crippen LogP contribution in [-0.4, -0.2) is 27.1 Å². The molecular formula is C20H17N3O7. The highest BCUT2D eigenvalue weighted by molar-refractivity contribution is 6.06. The molecule has 0 radical (unpaired) electrons. The Morgan fingerprint density at radius 1 is 1.23 bits per heavy atom. The number of nitrogens with zero attached hydrogens (tertiary/aromatic N) is 2. The van der Waals surface area contributed by atoms with E-state index in [0.29, 0.717) is 11.5 Å². The number of hydrogen-bond acceptors (Lipinski definition) is 7. The predicted octanol–water partition coefficient (Wildman–Crippen LogP) is 3.73. The van der Waals surface area contributed by atoms with Crippen molar-refractivity contribution in [3.05, 3.63) is 80.7 Å². The van der Waals surface area contributed by atoms with Crippen LogP contribution in [0.15, 0.2) is 47.0 Å². The van der Waals surface area contributed by atoms with E-state index in [0.717, 1.165) is 23.8 Å². The third-order valence-electron chi connectivity index (χ3n) is 4.32. The Labute approximate surface area is 170 Å². The van der Waals surface area contributed by atoms with Gasteiger partial charge in [-0.1, -0.05) is 17.3 Å². The number of nitrogens with one attached hydrogen (secondary N) is 1. The molecule has 154 valence electrons. The van der Waals surface area contributed by atoms with Gasteiger partial charge in [-0.15, -0.1) is 0 Å². The Kier molecular flexibility index (Phi) is 5.77. The fourth-order valence-electron chi connectivity index (χ4n) is 2.75. The number of ether oxygens (including phenoxy) is 1. The van der Waals surface area contributed by atoms with Gasteiger partial charge in [0.25, 0.3) is 11.6 Å². The molecule has 0 unspecified atom stereocenters. The maximum absolute atomic E-state index is 12.8. The molecule has 30 heavy (non-hydrogen) atoms. The van der Waals surface area contributed by atoms with Crippen LogP contribution in [0.5, 0.6) is 5.75 Å². The summed E-state index contributed by atoms with van der Waals surface area (Å²) in [5, 5.41) is 26.5. The van der Waals surface area contributed by atoms with Gasteiger partial charge in [-0.05, 0) is 32.0 Å². The quantitative estimate of drug-likeness (QED) is 0.442. The summed E-state index contributed by atoms with van der Waals surface area (Å²) in [6, 6.07) is 9.58. The van der Waals surface area contributed by atoms with Crippen molar-refractivity contribution in [3.8, 4) is 5.75 Å². The first-order valence-corrected chi connectivity index (χ1v) is 8.74. The molecule has 0 atom stereocenters. The first kappa shape index (κ1) is 20.5.